The first-order chi connectivity index (χ1) is 7.52. The fourth-order valence-corrected chi connectivity index (χ4v) is 1.96. The van der Waals surface area contributed by atoms with E-state index in [2.05, 4.69) is 0 Å². The standard InChI is InChI=1S/C11H8F2O3/c12-7-1-2-9(13)8(3-7)11(10(15)16)4-6(11)5-14/h1-3,5-6H,4H2,(H,15,16). The molecular formula is C11H8F2O3. The molecule has 1 N–H and O–H groups in total. The first-order valence-electron chi connectivity index (χ1n) is 4.66. The summed E-state index contributed by atoms with van der Waals surface area (Å²) in [6, 6.07) is 2.62. The van der Waals surface area contributed by atoms with Crippen molar-refractivity contribution >= 4 is 12.3 Å². The van der Waals surface area contributed by atoms with Crippen LogP contribution in [0.4, 0.5) is 8.78 Å². The van der Waals surface area contributed by atoms with Gasteiger partial charge >= 0.3 is 5.97 Å². The summed E-state index contributed by atoms with van der Waals surface area (Å²) in [6.45, 7) is 0. The molecular weight excluding hydrogens is 218 g/mol. The van der Waals surface area contributed by atoms with Crippen molar-refractivity contribution in [2.24, 2.45) is 5.92 Å². The molecule has 2 rings (SSSR count). The van der Waals surface area contributed by atoms with Gasteiger partial charge in [0.25, 0.3) is 0 Å². The maximum atomic E-state index is 13.4. The molecule has 2 atom stereocenters. The van der Waals surface area contributed by atoms with Crippen molar-refractivity contribution in [1.82, 2.24) is 0 Å². The highest BCUT2D eigenvalue weighted by molar-refractivity contribution is 5.91. The number of benzene rings is 1. The van der Waals surface area contributed by atoms with Crippen LogP contribution in [0.15, 0.2) is 18.2 Å². The van der Waals surface area contributed by atoms with Gasteiger partial charge in [-0.25, -0.2) is 8.78 Å². The molecule has 0 amide bonds. The molecule has 0 saturated heterocycles. The molecule has 1 aliphatic carbocycles. The zero-order valence-electron chi connectivity index (χ0n) is 8.11. The number of carboxylic acids is 1. The fourth-order valence-electron chi connectivity index (χ4n) is 1.96. The van der Waals surface area contributed by atoms with Crippen molar-refractivity contribution in [2.75, 3.05) is 0 Å². The van der Waals surface area contributed by atoms with Crippen LogP contribution < -0.4 is 0 Å². The molecule has 0 aliphatic heterocycles. The lowest BCUT2D eigenvalue weighted by Crippen LogP contribution is -2.24. The molecule has 1 saturated carbocycles. The maximum Gasteiger partial charge on any atom is 0.314 e. The third-order valence-electron chi connectivity index (χ3n) is 2.97. The second kappa shape index (κ2) is 3.37. The third kappa shape index (κ3) is 1.31. The second-order valence-electron chi connectivity index (χ2n) is 3.85. The first-order valence-corrected chi connectivity index (χ1v) is 4.66. The van der Waals surface area contributed by atoms with Crippen LogP contribution in [0.25, 0.3) is 0 Å². The van der Waals surface area contributed by atoms with Crippen molar-refractivity contribution < 1.29 is 23.5 Å². The van der Waals surface area contributed by atoms with Gasteiger partial charge in [0.15, 0.2) is 0 Å². The molecule has 0 spiro atoms. The summed E-state index contributed by atoms with van der Waals surface area (Å²) >= 11 is 0. The number of aliphatic carboxylic acids is 1. The molecule has 1 aliphatic rings. The summed E-state index contributed by atoms with van der Waals surface area (Å²) in [5.74, 6) is -3.59. The van der Waals surface area contributed by atoms with Crippen molar-refractivity contribution in [1.29, 1.82) is 0 Å². The highest BCUT2D eigenvalue weighted by Gasteiger charge is 2.63. The molecule has 0 aromatic heterocycles. The molecule has 0 heterocycles. The predicted octanol–water partition coefficient (Wildman–Crippen LogP) is 1.51. The van der Waals surface area contributed by atoms with Crippen LogP contribution in [-0.2, 0) is 15.0 Å². The van der Waals surface area contributed by atoms with Gasteiger partial charge in [-0.3, -0.25) is 4.79 Å². The van der Waals surface area contributed by atoms with E-state index in [9.17, 15) is 18.4 Å². The van der Waals surface area contributed by atoms with Crippen molar-refractivity contribution in [2.45, 2.75) is 11.8 Å². The third-order valence-corrected chi connectivity index (χ3v) is 2.97. The Labute approximate surface area is 89.7 Å². The highest BCUT2D eigenvalue weighted by Crippen LogP contribution is 2.54. The number of carbonyl (C=O) groups excluding carboxylic acids is 1. The summed E-state index contributed by atoms with van der Waals surface area (Å²) in [7, 11) is 0. The lowest BCUT2D eigenvalue weighted by atomic mass is 9.93. The van der Waals surface area contributed by atoms with Crippen LogP contribution in [0.2, 0.25) is 0 Å². The Balaban J connectivity index is 2.54. The van der Waals surface area contributed by atoms with Crippen molar-refractivity contribution in [3.05, 3.63) is 35.4 Å². The topological polar surface area (TPSA) is 54.4 Å². The van der Waals surface area contributed by atoms with Crippen LogP contribution >= 0.6 is 0 Å². The van der Waals surface area contributed by atoms with Gasteiger partial charge in [-0.15, -0.1) is 0 Å². The lowest BCUT2D eigenvalue weighted by Gasteiger charge is -2.12. The Morgan fingerprint density at radius 1 is 1.50 bits per heavy atom. The Morgan fingerprint density at radius 3 is 2.69 bits per heavy atom. The maximum absolute atomic E-state index is 13.4. The van der Waals surface area contributed by atoms with Gasteiger partial charge in [0, 0.05) is 11.5 Å². The molecule has 1 fully saturated rings. The van der Waals surface area contributed by atoms with E-state index in [4.69, 9.17) is 5.11 Å². The van der Waals surface area contributed by atoms with E-state index in [0.717, 1.165) is 18.2 Å². The molecule has 1 aromatic carbocycles. The zero-order chi connectivity index (χ0) is 11.9. The molecule has 1 aromatic rings. The van der Waals surface area contributed by atoms with Gasteiger partial charge in [-0.2, -0.15) is 0 Å². The summed E-state index contributed by atoms with van der Waals surface area (Å²) in [4.78, 5) is 21.6. The molecule has 84 valence electrons. The van der Waals surface area contributed by atoms with Crippen LogP contribution in [0.5, 0.6) is 0 Å². The summed E-state index contributed by atoms with van der Waals surface area (Å²) in [5, 5.41) is 9.03. The minimum absolute atomic E-state index is 0.0200. The van der Waals surface area contributed by atoms with Gasteiger partial charge in [0.1, 0.15) is 23.3 Å². The van der Waals surface area contributed by atoms with E-state index < -0.39 is 28.9 Å². The van der Waals surface area contributed by atoms with Crippen LogP contribution in [0.1, 0.15) is 12.0 Å². The van der Waals surface area contributed by atoms with Crippen LogP contribution in [-0.4, -0.2) is 17.4 Å². The van der Waals surface area contributed by atoms with E-state index in [1.807, 2.05) is 0 Å². The summed E-state index contributed by atoms with van der Waals surface area (Å²) in [5.41, 5.74) is -1.83. The number of hydrogen-bond acceptors (Lipinski definition) is 2. The van der Waals surface area contributed by atoms with Crippen LogP contribution in [0, 0.1) is 17.6 Å². The summed E-state index contributed by atoms with van der Waals surface area (Å²) < 4.78 is 26.4. The van der Waals surface area contributed by atoms with E-state index >= 15 is 0 Å². The number of hydrogen-bond donors (Lipinski definition) is 1. The molecule has 2 unspecified atom stereocenters. The van der Waals surface area contributed by atoms with Gasteiger partial charge in [0.2, 0.25) is 0 Å². The number of aldehydes is 1. The quantitative estimate of drug-likeness (QED) is 0.795. The molecule has 0 bridgehead atoms. The minimum Gasteiger partial charge on any atom is -0.481 e. The van der Waals surface area contributed by atoms with E-state index in [1.54, 1.807) is 0 Å². The van der Waals surface area contributed by atoms with Gasteiger partial charge in [0.05, 0.1) is 0 Å². The number of carboxylic acid groups (broad SMARTS) is 1. The monoisotopic (exact) mass is 226 g/mol. The molecule has 0 radical (unpaired) electrons. The minimum atomic E-state index is -1.58. The molecule has 16 heavy (non-hydrogen) atoms. The van der Waals surface area contributed by atoms with E-state index in [-0.39, 0.29) is 12.0 Å². The Hall–Kier alpha value is -1.78. The molecule has 5 heteroatoms. The Morgan fingerprint density at radius 2 is 2.19 bits per heavy atom. The second-order valence-corrected chi connectivity index (χ2v) is 3.85. The summed E-state index contributed by atoms with van der Waals surface area (Å²) in [6.07, 6.45) is 0.491. The SMILES string of the molecule is O=CC1CC1(C(=O)O)c1cc(F)ccc1F. The van der Waals surface area contributed by atoms with Gasteiger partial charge < -0.3 is 9.90 Å². The first kappa shape index (κ1) is 10.7. The number of carbonyl (C=O) groups is 2. The van der Waals surface area contributed by atoms with Gasteiger partial charge in [-0.05, 0) is 24.6 Å². The largest absolute Gasteiger partial charge is 0.481 e. The van der Waals surface area contributed by atoms with Crippen LogP contribution in [0.3, 0.4) is 0 Å². The average molecular weight is 226 g/mol. The lowest BCUT2D eigenvalue weighted by molar-refractivity contribution is -0.141. The van der Waals surface area contributed by atoms with Gasteiger partial charge in [-0.1, -0.05) is 0 Å². The predicted molar refractivity (Wildman–Crippen MR) is 49.8 cm³/mol. The van der Waals surface area contributed by atoms with Crippen molar-refractivity contribution in [3.63, 3.8) is 0 Å². The highest BCUT2D eigenvalue weighted by atomic mass is 19.1. The normalized spacial score (nSPS) is 27.5. The smallest absolute Gasteiger partial charge is 0.314 e. The fraction of sp³-hybridized carbons (Fsp3) is 0.273. The van der Waals surface area contributed by atoms with Crippen molar-refractivity contribution in [3.8, 4) is 0 Å². The van der Waals surface area contributed by atoms with E-state index in [0.29, 0.717) is 6.29 Å². The number of rotatable bonds is 3. The Bertz CT molecular complexity index is 472. The Kier molecular flexibility index (Phi) is 2.26. The van der Waals surface area contributed by atoms with E-state index in [1.165, 1.54) is 0 Å². The molecule has 3 nitrogen and oxygen atoms in total. The average Bonchev–Trinajstić information content (AvgIpc) is 2.97. The number of halogens is 2. The zero-order valence-corrected chi connectivity index (χ0v) is 8.11.